The number of hydrogen-bond donors (Lipinski definition) is 1. The van der Waals surface area contributed by atoms with Crippen molar-refractivity contribution in [2.75, 3.05) is 6.61 Å². The number of hydrogen-bond acceptors (Lipinski definition) is 6. The first-order valence-electron chi connectivity index (χ1n) is 11.2. The van der Waals surface area contributed by atoms with Gasteiger partial charge in [-0.2, -0.15) is 0 Å². The average molecular weight is 419 g/mol. The van der Waals surface area contributed by atoms with Crippen LogP contribution in [0.1, 0.15) is 66.2 Å². The highest BCUT2D eigenvalue weighted by Gasteiger charge is 2.73. The van der Waals surface area contributed by atoms with E-state index in [-0.39, 0.29) is 46.3 Å². The summed E-state index contributed by atoms with van der Waals surface area (Å²) in [5.74, 6) is -0.941. The zero-order valence-electron chi connectivity index (χ0n) is 18.5. The lowest BCUT2D eigenvalue weighted by Crippen LogP contribution is -2.67. The van der Waals surface area contributed by atoms with Crippen molar-refractivity contribution in [2.24, 2.45) is 34.0 Å². The van der Waals surface area contributed by atoms with Gasteiger partial charge in [-0.25, -0.2) is 0 Å². The molecule has 0 amide bonds. The van der Waals surface area contributed by atoms with E-state index in [4.69, 9.17) is 9.47 Å². The Bertz CT molecular complexity index is 804. The second kappa shape index (κ2) is 6.91. The predicted molar refractivity (Wildman–Crippen MR) is 109 cm³/mol. The summed E-state index contributed by atoms with van der Waals surface area (Å²) < 4.78 is 11.3. The Labute approximate surface area is 178 Å². The minimum atomic E-state index is -0.926. The standard InChI is InChI=1S/C24H34O6/c1-13-16-9-17(30-15(3)26)20-23(5)8-6-7-22(4,12-29-14(2)25)18(23)10-19(27)24(20,11-16)21(13)28/h16-20,27H,1,6-12H2,2-5H3/t16-,17+,18+,19-,20-,22+,23+,24-/m0/s1. The molecule has 0 aromatic rings. The fraction of sp³-hybridized carbons (Fsp3) is 0.792. The minimum absolute atomic E-state index is 0.0356. The highest BCUT2D eigenvalue weighted by molar-refractivity contribution is 6.03. The normalized spacial score (nSPS) is 47.3. The van der Waals surface area contributed by atoms with E-state index in [1.807, 2.05) is 0 Å². The number of allylic oxidation sites excluding steroid dienone is 1. The van der Waals surface area contributed by atoms with Gasteiger partial charge in [-0.05, 0) is 54.9 Å². The summed E-state index contributed by atoms with van der Waals surface area (Å²) in [6.07, 6.45) is 3.18. The molecule has 6 heteroatoms. The predicted octanol–water partition coefficient (Wildman–Crippen LogP) is 3.21. The molecule has 4 aliphatic rings. The number of aliphatic hydroxyl groups excluding tert-OH is 1. The monoisotopic (exact) mass is 418 g/mol. The van der Waals surface area contributed by atoms with Crippen LogP contribution in [0.3, 0.4) is 0 Å². The molecule has 4 aliphatic carbocycles. The summed E-state index contributed by atoms with van der Waals surface area (Å²) in [5, 5.41) is 11.5. The van der Waals surface area contributed by atoms with Gasteiger partial charge in [-0.1, -0.05) is 26.8 Å². The number of fused-ring (bicyclic) bond motifs is 3. The van der Waals surface area contributed by atoms with Gasteiger partial charge in [0.05, 0.1) is 18.1 Å². The highest BCUT2D eigenvalue weighted by atomic mass is 16.5. The van der Waals surface area contributed by atoms with Crippen molar-refractivity contribution in [1.82, 2.24) is 0 Å². The van der Waals surface area contributed by atoms with Crippen LogP contribution in [0.25, 0.3) is 0 Å². The SMILES string of the molecule is C=C1C(=O)[C@]23C[C@@H]1C[C@@H](OC(C)=O)[C@H]2[C@]1(C)CCC[C@](C)(COC(C)=O)[C@H]1C[C@@H]3O. The van der Waals surface area contributed by atoms with Crippen LogP contribution in [0.2, 0.25) is 0 Å². The molecule has 0 saturated heterocycles. The molecule has 6 nitrogen and oxygen atoms in total. The number of aliphatic hydroxyl groups is 1. The largest absolute Gasteiger partial charge is 0.465 e. The summed E-state index contributed by atoms with van der Waals surface area (Å²) in [5.41, 5.74) is -0.949. The van der Waals surface area contributed by atoms with E-state index in [1.165, 1.54) is 13.8 Å². The minimum Gasteiger partial charge on any atom is -0.465 e. The Kier molecular flexibility index (Phi) is 4.96. The van der Waals surface area contributed by atoms with Crippen molar-refractivity contribution in [2.45, 2.75) is 78.4 Å². The second-order valence-corrected chi connectivity index (χ2v) is 10.8. The second-order valence-electron chi connectivity index (χ2n) is 10.8. The lowest BCUT2D eigenvalue weighted by molar-refractivity contribution is -0.235. The molecule has 1 spiro atoms. The summed E-state index contributed by atoms with van der Waals surface area (Å²) in [6, 6.07) is 0. The van der Waals surface area contributed by atoms with Gasteiger partial charge in [0.15, 0.2) is 5.78 Å². The summed E-state index contributed by atoms with van der Waals surface area (Å²) >= 11 is 0. The van der Waals surface area contributed by atoms with Crippen molar-refractivity contribution in [3.63, 3.8) is 0 Å². The van der Waals surface area contributed by atoms with Gasteiger partial charge < -0.3 is 14.6 Å². The van der Waals surface area contributed by atoms with Crippen LogP contribution in [0.4, 0.5) is 0 Å². The van der Waals surface area contributed by atoms with E-state index in [2.05, 4.69) is 20.4 Å². The summed E-state index contributed by atoms with van der Waals surface area (Å²) in [4.78, 5) is 37.0. The van der Waals surface area contributed by atoms with Gasteiger partial charge in [-0.15, -0.1) is 0 Å². The lowest BCUT2D eigenvalue weighted by Gasteiger charge is -2.65. The Morgan fingerprint density at radius 1 is 1.17 bits per heavy atom. The molecule has 0 unspecified atom stereocenters. The van der Waals surface area contributed by atoms with E-state index < -0.39 is 17.6 Å². The van der Waals surface area contributed by atoms with Gasteiger partial charge >= 0.3 is 11.9 Å². The maximum atomic E-state index is 13.5. The van der Waals surface area contributed by atoms with Crippen molar-refractivity contribution < 1.29 is 29.0 Å². The van der Waals surface area contributed by atoms with Crippen LogP contribution in [0, 0.1) is 34.0 Å². The van der Waals surface area contributed by atoms with Gasteiger partial charge in [0.1, 0.15) is 6.10 Å². The van der Waals surface area contributed by atoms with E-state index in [9.17, 15) is 19.5 Å². The zero-order valence-corrected chi connectivity index (χ0v) is 18.5. The van der Waals surface area contributed by atoms with E-state index in [0.717, 1.165) is 19.3 Å². The van der Waals surface area contributed by atoms with E-state index >= 15 is 0 Å². The van der Waals surface area contributed by atoms with E-state index in [1.54, 1.807) is 0 Å². The molecule has 0 heterocycles. The van der Waals surface area contributed by atoms with Crippen LogP contribution in [0.5, 0.6) is 0 Å². The molecule has 0 aliphatic heterocycles. The average Bonchev–Trinajstić information content (AvgIpc) is 2.84. The van der Waals surface area contributed by atoms with E-state index in [0.29, 0.717) is 31.4 Å². The topological polar surface area (TPSA) is 89.9 Å². The van der Waals surface area contributed by atoms with Gasteiger partial charge in [0, 0.05) is 25.2 Å². The Morgan fingerprint density at radius 2 is 1.87 bits per heavy atom. The molecule has 0 aromatic carbocycles. The first-order chi connectivity index (χ1) is 14.0. The molecule has 166 valence electrons. The van der Waals surface area contributed by atoms with Gasteiger partial charge in [-0.3, -0.25) is 14.4 Å². The quantitative estimate of drug-likeness (QED) is 0.559. The number of ketones is 1. The Hall–Kier alpha value is -1.69. The number of ether oxygens (including phenoxy) is 2. The molecule has 1 N–H and O–H groups in total. The molecule has 8 atom stereocenters. The molecule has 4 saturated carbocycles. The Balaban J connectivity index is 1.81. The third kappa shape index (κ3) is 2.82. The van der Waals surface area contributed by atoms with Crippen LogP contribution in [0.15, 0.2) is 12.2 Å². The number of rotatable bonds is 3. The highest BCUT2D eigenvalue weighted by Crippen LogP contribution is 2.71. The van der Waals surface area contributed by atoms with Crippen molar-refractivity contribution >= 4 is 17.7 Å². The molecule has 4 fully saturated rings. The molecular formula is C24H34O6. The maximum absolute atomic E-state index is 13.5. The lowest BCUT2D eigenvalue weighted by atomic mass is 9.39. The van der Waals surface area contributed by atoms with Crippen molar-refractivity contribution in [1.29, 1.82) is 0 Å². The van der Waals surface area contributed by atoms with Crippen LogP contribution in [-0.2, 0) is 23.9 Å². The fourth-order valence-corrected chi connectivity index (χ4v) is 8.00. The maximum Gasteiger partial charge on any atom is 0.302 e. The number of carbonyl (C=O) groups is 3. The molecule has 0 aromatic heterocycles. The van der Waals surface area contributed by atoms with Crippen LogP contribution in [-0.4, -0.2) is 41.6 Å². The van der Waals surface area contributed by atoms with Crippen molar-refractivity contribution in [3.8, 4) is 0 Å². The fourth-order valence-electron chi connectivity index (χ4n) is 8.00. The molecule has 2 bridgehead atoms. The zero-order chi connectivity index (χ0) is 22.1. The molecule has 0 radical (unpaired) electrons. The van der Waals surface area contributed by atoms with Gasteiger partial charge in [0.2, 0.25) is 0 Å². The molecular weight excluding hydrogens is 384 g/mol. The number of carbonyl (C=O) groups excluding carboxylic acids is 3. The van der Waals surface area contributed by atoms with Gasteiger partial charge in [0.25, 0.3) is 0 Å². The smallest absolute Gasteiger partial charge is 0.302 e. The molecule has 4 rings (SSSR count). The van der Waals surface area contributed by atoms with Crippen LogP contribution < -0.4 is 0 Å². The van der Waals surface area contributed by atoms with Crippen molar-refractivity contribution in [3.05, 3.63) is 12.2 Å². The number of Topliss-reactive ketones (excluding diaryl/α,β-unsaturated/α-hetero) is 1. The third-order valence-corrected chi connectivity index (χ3v) is 9.02. The Morgan fingerprint density at radius 3 is 2.50 bits per heavy atom. The summed E-state index contributed by atoms with van der Waals surface area (Å²) in [7, 11) is 0. The first kappa shape index (κ1) is 21.5. The molecule has 30 heavy (non-hydrogen) atoms. The first-order valence-corrected chi connectivity index (χ1v) is 11.2. The third-order valence-electron chi connectivity index (χ3n) is 9.02. The number of esters is 2. The van der Waals surface area contributed by atoms with Crippen LogP contribution >= 0.6 is 0 Å². The summed E-state index contributed by atoms with van der Waals surface area (Å²) in [6.45, 7) is 11.5.